The van der Waals surface area contributed by atoms with Gasteiger partial charge in [0.25, 0.3) is 5.91 Å². The number of nitrogens with zero attached hydrogens (tertiary/aromatic N) is 3. The first kappa shape index (κ1) is 14.5. The van der Waals surface area contributed by atoms with E-state index >= 15 is 0 Å². The van der Waals surface area contributed by atoms with Crippen LogP contribution in [0.25, 0.3) is 0 Å². The molecule has 0 aliphatic carbocycles. The molecule has 5 nitrogen and oxygen atoms in total. The van der Waals surface area contributed by atoms with E-state index in [0.717, 1.165) is 0 Å². The summed E-state index contributed by atoms with van der Waals surface area (Å²) in [6, 6.07) is 5.30. The van der Waals surface area contributed by atoms with E-state index < -0.39 is 0 Å². The van der Waals surface area contributed by atoms with Crippen molar-refractivity contribution in [3.8, 4) is 0 Å². The molecule has 0 atom stereocenters. The van der Waals surface area contributed by atoms with Crippen molar-refractivity contribution in [2.75, 3.05) is 24.6 Å². The smallest absolute Gasteiger partial charge is 1.00 e. The Kier molecular flexibility index (Phi) is 5.48. The maximum absolute atomic E-state index is 11.7. The second-order valence-electron chi connectivity index (χ2n) is 3.34. The number of thiocarbonyl (C=S) groups is 1. The van der Waals surface area contributed by atoms with Gasteiger partial charge in [0.1, 0.15) is 12.4 Å². The first-order chi connectivity index (χ1) is 7.74. The molecule has 1 amide bonds. The van der Waals surface area contributed by atoms with Crippen LogP contribution < -0.4 is 34.5 Å². The van der Waals surface area contributed by atoms with E-state index in [9.17, 15) is 4.79 Å². The molecule has 86 valence electrons. The Bertz CT molecular complexity index is 421. The standard InChI is InChI=1S/C10H11N3O2S.Na.H/c14-6-5-12-7-9(15)13(10(12)16)8-3-1-2-4-11-8;;/h1-4,14H,5-7H2;;/q;+1;-1. The predicted octanol–water partition coefficient (Wildman–Crippen LogP) is -2.88. The predicted molar refractivity (Wildman–Crippen MR) is 64.1 cm³/mol. The Morgan fingerprint density at radius 2 is 2.29 bits per heavy atom. The van der Waals surface area contributed by atoms with Gasteiger partial charge in [0.05, 0.1) is 6.61 Å². The largest absolute Gasteiger partial charge is 1.00 e. The van der Waals surface area contributed by atoms with Gasteiger partial charge in [-0.2, -0.15) is 0 Å². The maximum atomic E-state index is 11.7. The van der Waals surface area contributed by atoms with Crippen molar-refractivity contribution in [3.05, 3.63) is 24.4 Å². The number of aliphatic hydroxyl groups is 1. The minimum absolute atomic E-state index is 0. The monoisotopic (exact) mass is 261 g/mol. The number of aliphatic hydroxyl groups excluding tert-OH is 1. The number of amides is 1. The normalized spacial score (nSPS) is 15.1. The number of hydrogen-bond donors (Lipinski definition) is 1. The number of carbonyl (C=O) groups is 1. The Hall–Kier alpha value is -0.530. The summed E-state index contributed by atoms with van der Waals surface area (Å²) in [5, 5.41) is 9.24. The van der Waals surface area contributed by atoms with E-state index in [0.29, 0.717) is 17.5 Å². The number of aromatic nitrogens is 1. The van der Waals surface area contributed by atoms with Gasteiger partial charge in [-0.1, -0.05) is 6.07 Å². The van der Waals surface area contributed by atoms with Crippen LogP contribution in [0.5, 0.6) is 0 Å². The molecule has 2 heterocycles. The number of rotatable bonds is 3. The summed E-state index contributed by atoms with van der Waals surface area (Å²) in [7, 11) is 0. The summed E-state index contributed by atoms with van der Waals surface area (Å²) in [5.74, 6) is 0.412. The van der Waals surface area contributed by atoms with Crippen molar-refractivity contribution >= 4 is 29.1 Å². The molecule has 0 radical (unpaired) electrons. The Morgan fingerprint density at radius 3 is 2.88 bits per heavy atom. The molecule has 0 bridgehead atoms. The number of hydrogen-bond acceptors (Lipinski definition) is 4. The molecule has 1 saturated heterocycles. The first-order valence-corrected chi connectivity index (χ1v) is 5.28. The van der Waals surface area contributed by atoms with Crippen molar-refractivity contribution < 1.29 is 40.9 Å². The SMILES string of the molecule is O=C1CN(CCO)C(=S)N1c1ccccn1.[H-].[Na+]. The van der Waals surface area contributed by atoms with Crippen molar-refractivity contribution in [2.24, 2.45) is 0 Å². The summed E-state index contributed by atoms with van der Waals surface area (Å²) in [4.78, 5) is 18.9. The Labute approximate surface area is 128 Å². The molecule has 1 aromatic heterocycles. The zero-order valence-corrected chi connectivity index (χ0v) is 12.4. The maximum Gasteiger partial charge on any atom is 1.00 e. The van der Waals surface area contributed by atoms with Gasteiger partial charge in [0.15, 0.2) is 5.11 Å². The van der Waals surface area contributed by atoms with Crippen molar-refractivity contribution in [1.82, 2.24) is 9.88 Å². The summed E-state index contributed by atoms with van der Waals surface area (Å²) in [6.07, 6.45) is 1.61. The van der Waals surface area contributed by atoms with Crippen LogP contribution in [0.3, 0.4) is 0 Å². The molecule has 1 aromatic rings. The summed E-state index contributed by atoms with van der Waals surface area (Å²) < 4.78 is 0. The van der Waals surface area contributed by atoms with E-state index in [1.165, 1.54) is 4.90 Å². The summed E-state index contributed by atoms with van der Waals surface area (Å²) >= 11 is 5.17. The van der Waals surface area contributed by atoms with Crippen LogP contribution in [0.2, 0.25) is 0 Å². The third-order valence-corrected chi connectivity index (χ3v) is 2.73. The fourth-order valence-corrected chi connectivity index (χ4v) is 1.91. The molecule has 0 spiro atoms. The third-order valence-electron chi connectivity index (χ3n) is 2.29. The zero-order valence-electron chi connectivity index (χ0n) is 10.5. The minimum atomic E-state index is -0.114. The van der Waals surface area contributed by atoms with Crippen LogP contribution in [0, 0.1) is 0 Å². The molecule has 0 aromatic carbocycles. The average molecular weight is 261 g/mol. The van der Waals surface area contributed by atoms with Gasteiger partial charge in [-0.25, -0.2) is 9.88 Å². The molecule has 7 heteroatoms. The first-order valence-electron chi connectivity index (χ1n) is 4.88. The fourth-order valence-electron chi connectivity index (χ4n) is 1.56. The molecule has 0 unspecified atom stereocenters. The number of carbonyl (C=O) groups excluding carboxylic acids is 1. The molecular weight excluding hydrogens is 249 g/mol. The Morgan fingerprint density at radius 1 is 1.53 bits per heavy atom. The van der Waals surface area contributed by atoms with E-state index in [2.05, 4.69) is 4.98 Å². The number of β-amino-alcohol motifs (C(OH)–C–C–N with tert-alkyl or cyclic N) is 1. The van der Waals surface area contributed by atoms with Crippen LogP contribution in [0.4, 0.5) is 5.82 Å². The fraction of sp³-hybridized carbons (Fsp3) is 0.300. The van der Waals surface area contributed by atoms with Crippen LogP contribution in [0.1, 0.15) is 1.43 Å². The second-order valence-corrected chi connectivity index (χ2v) is 3.71. The van der Waals surface area contributed by atoms with Crippen molar-refractivity contribution in [2.45, 2.75) is 0 Å². The van der Waals surface area contributed by atoms with Crippen LogP contribution in [-0.2, 0) is 4.79 Å². The quantitative estimate of drug-likeness (QED) is 0.468. The molecule has 0 saturated carbocycles. The summed E-state index contributed by atoms with van der Waals surface area (Å²) in [5.41, 5.74) is 0. The van der Waals surface area contributed by atoms with E-state index in [1.807, 2.05) is 0 Å². The minimum Gasteiger partial charge on any atom is -1.00 e. The van der Waals surface area contributed by atoms with Gasteiger partial charge >= 0.3 is 29.6 Å². The molecule has 1 N–H and O–H groups in total. The summed E-state index contributed by atoms with van der Waals surface area (Å²) in [6.45, 7) is 0.549. The van der Waals surface area contributed by atoms with Gasteiger partial charge in [0.2, 0.25) is 0 Å². The molecular formula is C10H12N3NaO2S. The van der Waals surface area contributed by atoms with Crippen LogP contribution in [-0.4, -0.2) is 45.7 Å². The number of anilines is 1. The van der Waals surface area contributed by atoms with Crippen molar-refractivity contribution in [1.29, 1.82) is 0 Å². The molecule has 1 aliphatic rings. The van der Waals surface area contributed by atoms with Gasteiger partial charge in [0, 0.05) is 12.7 Å². The topological polar surface area (TPSA) is 56.7 Å². The second kappa shape index (κ2) is 6.42. The Balaban J connectivity index is 0.00000144. The molecule has 17 heavy (non-hydrogen) atoms. The van der Waals surface area contributed by atoms with Crippen LogP contribution >= 0.6 is 12.2 Å². The van der Waals surface area contributed by atoms with Gasteiger partial charge in [-0.3, -0.25) is 4.79 Å². The van der Waals surface area contributed by atoms with Gasteiger partial charge in [-0.15, -0.1) is 0 Å². The van der Waals surface area contributed by atoms with E-state index in [-0.39, 0.29) is 50.0 Å². The van der Waals surface area contributed by atoms with Gasteiger partial charge in [-0.05, 0) is 24.4 Å². The van der Waals surface area contributed by atoms with Crippen molar-refractivity contribution in [3.63, 3.8) is 0 Å². The third kappa shape index (κ3) is 3.02. The number of pyridine rings is 1. The zero-order chi connectivity index (χ0) is 11.5. The molecule has 1 aliphatic heterocycles. The average Bonchev–Trinajstić information content (AvgIpc) is 2.56. The van der Waals surface area contributed by atoms with E-state index in [1.54, 1.807) is 29.3 Å². The molecule has 2 rings (SSSR count). The van der Waals surface area contributed by atoms with Gasteiger partial charge < -0.3 is 11.4 Å². The molecule has 1 fully saturated rings. The van der Waals surface area contributed by atoms with E-state index in [4.69, 9.17) is 17.3 Å². The van der Waals surface area contributed by atoms with Crippen LogP contribution in [0.15, 0.2) is 24.4 Å².